The van der Waals surface area contributed by atoms with Crippen molar-refractivity contribution < 1.29 is 14.0 Å². The second kappa shape index (κ2) is 7.03. The summed E-state index contributed by atoms with van der Waals surface area (Å²) in [5.74, 6) is -0.292. The van der Waals surface area contributed by atoms with Crippen LogP contribution in [0, 0.1) is 5.92 Å². The van der Waals surface area contributed by atoms with Crippen LogP contribution in [0.2, 0.25) is 0 Å². The van der Waals surface area contributed by atoms with Crippen molar-refractivity contribution >= 4 is 35.2 Å². The van der Waals surface area contributed by atoms with Gasteiger partial charge in [0.25, 0.3) is 0 Å². The van der Waals surface area contributed by atoms with E-state index >= 15 is 0 Å². The van der Waals surface area contributed by atoms with Gasteiger partial charge in [-0.25, -0.2) is 0 Å². The van der Waals surface area contributed by atoms with E-state index in [-0.39, 0.29) is 17.7 Å². The summed E-state index contributed by atoms with van der Waals surface area (Å²) >= 11 is 5.19. The number of furan rings is 1. The van der Waals surface area contributed by atoms with Crippen molar-refractivity contribution in [3.8, 4) is 0 Å². The molecule has 0 bridgehead atoms. The maximum absolute atomic E-state index is 11.8. The van der Waals surface area contributed by atoms with Crippen molar-refractivity contribution in [3.05, 3.63) is 30.2 Å². The maximum Gasteiger partial charge on any atom is 0.250 e. The number of amides is 2. The van der Waals surface area contributed by atoms with Gasteiger partial charge in [0.2, 0.25) is 11.8 Å². The molecule has 0 aromatic carbocycles. The number of rotatable bonds is 3. The number of carbonyl (C=O) groups excluding carboxylic acids is 2. The molecule has 1 saturated heterocycles. The van der Waals surface area contributed by atoms with E-state index in [0.717, 1.165) is 12.8 Å². The Balaban J connectivity index is 1.86. The summed E-state index contributed by atoms with van der Waals surface area (Å²) in [4.78, 5) is 24.8. The summed E-state index contributed by atoms with van der Waals surface area (Å²) in [6, 6.07) is 3.48. The Kier molecular flexibility index (Phi) is 5.10. The van der Waals surface area contributed by atoms with Crippen molar-refractivity contribution in [2.24, 2.45) is 11.7 Å². The molecular weight excluding hydrogens is 290 g/mol. The van der Waals surface area contributed by atoms with Gasteiger partial charge in [-0.2, -0.15) is 0 Å². The van der Waals surface area contributed by atoms with Crippen LogP contribution in [0.3, 0.4) is 0 Å². The zero-order valence-electron chi connectivity index (χ0n) is 11.5. The van der Waals surface area contributed by atoms with E-state index in [2.05, 4.69) is 5.32 Å². The van der Waals surface area contributed by atoms with Gasteiger partial charge in [0.05, 0.1) is 12.2 Å². The van der Waals surface area contributed by atoms with E-state index in [9.17, 15) is 9.59 Å². The number of nitrogens with two attached hydrogens (primary N) is 1. The van der Waals surface area contributed by atoms with Gasteiger partial charge in [-0.05, 0) is 43.3 Å². The van der Waals surface area contributed by atoms with Crippen LogP contribution in [0.4, 0.5) is 0 Å². The van der Waals surface area contributed by atoms with Crippen LogP contribution in [0.15, 0.2) is 28.9 Å². The number of likely N-dealkylation sites (tertiary alicyclic amines) is 1. The highest BCUT2D eigenvalue weighted by Gasteiger charge is 2.25. The first-order valence-corrected chi connectivity index (χ1v) is 7.08. The minimum atomic E-state index is -0.336. The fourth-order valence-corrected chi connectivity index (χ4v) is 2.43. The number of thiocarbonyl (C=S) groups is 1. The normalized spacial score (nSPS) is 18.7. The summed E-state index contributed by atoms with van der Waals surface area (Å²) in [5, 5.41) is 2.92. The number of piperidine rings is 1. The molecule has 1 aliphatic heterocycles. The van der Waals surface area contributed by atoms with E-state index in [1.165, 1.54) is 12.3 Å². The fourth-order valence-electron chi connectivity index (χ4n) is 2.16. The van der Waals surface area contributed by atoms with Crippen LogP contribution in [0.25, 0.3) is 6.08 Å². The van der Waals surface area contributed by atoms with Crippen molar-refractivity contribution in [2.45, 2.75) is 12.8 Å². The van der Waals surface area contributed by atoms with Gasteiger partial charge < -0.3 is 15.1 Å². The Morgan fingerprint density at radius 3 is 3.00 bits per heavy atom. The molecule has 6 nitrogen and oxygen atoms in total. The first kappa shape index (κ1) is 15.2. The standard InChI is InChI=1S/C14H17N3O3S/c15-13(19)10-3-1-7-17(9-10)14(21)16-12(18)6-5-11-4-2-8-20-11/h2,4-6,8,10H,1,3,7,9H2,(H2,15,19)(H,16,18,21)/b6-5+/t10-/m1/s1. The third-order valence-corrected chi connectivity index (χ3v) is 3.64. The molecule has 7 heteroatoms. The Hall–Kier alpha value is -2.15. The van der Waals surface area contributed by atoms with Crippen LogP contribution >= 0.6 is 12.2 Å². The van der Waals surface area contributed by atoms with Crippen LogP contribution in [-0.2, 0) is 9.59 Å². The number of nitrogens with one attached hydrogen (secondary N) is 1. The molecular formula is C14H17N3O3S. The van der Waals surface area contributed by atoms with Crippen LogP contribution < -0.4 is 11.1 Å². The Morgan fingerprint density at radius 1 is 1.52 bits per heavy atom. The van der Waals surface area contributed by atoms with E-state index < -0.39 is 0 Å². The molecule has 1 aliphatic rings. The zero-order valence-corrected chi connectivity index (χ0v) is 12.3. The van der Waals surface area contributed by atoms with Gasteiger partial charge in [-0.3, -0.25) is 14.9 Å². The molecule has 0 aliphatic carbocycles. The molecule has 0 spiro atoms. The van der Waals surface area contributed by atoms with Gasteiger partial charge in [0.1, 0.15) is 5.76 Å². The summed E-state index contributed by atoms with van der Waals surface area (Å²) in [6.45, 7) is 1.17. The molecule has 1 aromatic rings. The van der Waals surface area contributed by atoms with E-state index in [1.807, 2.05) is 0 Å². The molecule has 112 valence electrons. The van der Waals surface area contributed by atoms with Gasteiger partial charge in [0.15, 0.2) is 5.11 Å². The third-order valence-electron chi connectivity index (χ3n) is 3.28. The molecule has 2 amide bonds. The summed E-state index contributed by atoms with van der Waals surface area (Å²) in [6.07, 6.45) is 6.02. The second-order valence-corrected chi connectivity index (χ2v) is 5.22. The van der Waals surface area contributed by atoms with Crippen LogP contribution in [0.1, 0.15) is 18.6 Å². The topological polar surface area (TPSA) is 88.6 Å². The maximum atomic E-state index is 11.8. The van der Waals surface area contributed by atoms with Crippen LogP contribution in [-0.4, -0.2) is 34.9 Å². The molecule has 1 aromatic heterocycles. The van der Waals surface area contributed by atoms with Gasteiger partial charge in [-0.15, -0.1) is 0 Å². The quantitative estimate of drug-likeness (QED) is 0.639. The minimum absolute atomic E-state index is 0.215. The molecule has 21 heavy (non-hydrogen) atoms. The predicted octanol–water partition coefficient (Wildman–Crippen LogP) is 0.891. The highest BCUT2D eigenvalue weighted by atomic mass is 32.1. The van der Waals surface area contributed by atoms with Crippen molar-refractivity contribution in [1.29, 1.82) is 0 Å². The highest BCUT2D eigenvalue weighted by Crippen LogP contribution is 2.16. The number of nitrogens with zero attached hydrogens (tertiary/aromatic N) is 1. The van der Waals surface area contributed by atoms with Crippen LogP contribution in [0.5, 0.6) is 0 Å². The van der Waals surface area contributed by atoms with E-state index in [4.69, 9.17) is 22.4 Å². The molecule has 1 fully saturated rings. The van der Waals surface area contributed by atoms with Gasteiger partial charge in [0, 0.05) is 19.2 Å². The van der Waals surface area contributed by atoms with E-state index in [0.29, 0.717) is 24.0 Å². The molecule has 2 heterocycles. The number of hydrogen-bond donors (Lipinski definition) is 2. The lowest BCUT2D eigenvalue weighted by Crippen LogP contribution is -2.49. The lowest BCUT2D eigenvalue weighted by atomic mass is 9.98. The molecule has 2 rings (SSSR count). The van der Waals surface area contributed by atoms with Crippen molar-refractivity contribution in [2.75, 3.05) is 13.1 Å². The Bertz CT molecular complexity index is 554. The summed E-state index contributed by atoms with van der Waals surface area (Å²) in [7, 11) is 0. The average molecular weight is 307 g/mol. The average Bonchev–Trinajstić information content (AvgIpc) is 2.98. The van der Waals surface area contributed by atoms with E-state index in [1.54, 1.807) is 23.1 Å². The first-order valence-electron chi connectivity index (χ1n) is 6.67. The third kappa shape index (κ3) is 4.42. The number of carbonyl (C=O) groups is 2. The van der Waals surface area contributed by atoms with Gasteiger partial charge >= 0.3 is 0 Å². The predicted molar refractivity (Wildman–Crippen MR) is 82.0 cm³/mol. The summed E-state index contributed by atoms with van der Waals surface area (Å²) in [5.41, 5.74) is 5.31. The molecule has 0 unspecified atom stereocenters. The fraction of sp³-hybridized carbons (Fsp3) is 0.357. The lowest BCUT2D eigenvalue weighted by molar-refractivity contribution is -0.122. The largest absolute Gasteiger partial charge is 0.465 e. The second-order valence-electron chi connectivity index (χ2n) is 4.83. The van der Waals surface area contributed by atoms with Gasteiger partial charge in [-0.1, -0.05) is 0 Å². The molecule has 1 atom stereocenters. The van der Waals surface area contributed by atoms with Crippen molar-refractivity contribution in [3.63, 3.8) is 0 Å². The minimum Gasteiger partial charge on any atom is -0.465 e. The molecule has 0 saturated carbocycles. The number of hydrogen-bond acceptors (Lipinski definition) is 4. The Morgan fingerprint density at radius 2 is 2.33 bits per heavy atom. The Labute approximate surface area is 128 Å². The lowest BCUT2D eigenvalue weighted by Gasteiger charge is -2.32. The first-order chi connectivity index (χ1) is 10.1. The highest BCUT2D eigenvalue weighted by molar-refractivity contribution is 7.80. The zero-order chi connectivity index (χ0) is 15.2. The smallest absolute Gasteiger partial charge is 0.250 e. The molecule has 0 radical (unpaired) electrons. The molecule has 3 N–H and O–H groups in total. The van der Waals surface area contributed by atoms with Crippen molar-refractivity contribution in [1.82, 2.24) is 10.2 Å². The SMILES string of the molecule is NC(=O)[C@@H]1CCCN(C(=S)NC(=O)/C=C/c2ccco2)C1. The summed E-state index contributed by atoms with van der Waals surface area (Å²) < 4.78 is 5.08. The monoisotopic (exact) mass is 307 g/mol. The number of primary amides is 1.